The third-order valence-corrected chi connectivity index (χ3v) is 5.13. The Morgan fingerprint density at radius 2 is 2.29 bits per heavy atom. The highest BCUT2D eigenvalue weighted by atomic mass is 32.2. The number of carbonyl (C=O) groups excluding carboxylic acids is 1. The second kappa shape index (κ2) is 8.30. The van der Waals surface area contributed by atoms with Crippen molar-refractivity contribution in [2.45, 2.75) is 25.0 Å². The van der Waals surface area contributed by atoms with Crippen molar-refractivity contribution in [3.63, 3.8) is 0 Å². The standard InChI is InChI=1S/C17H22N4O2S/c1-23-7-8-24-11-12-3-2-4-14(9-12)18-17(22)13-5-6-15-16(10-13)20-21-19-15/h2-4,9,13H,5-8,10-11H2,1H3,(H,18,22)(H,19,20,21)/t13-/m1/s1. The smallest absolute Gasteiger partial charge is 0.227 e. The number of carbonyl (C=O) groups is 1. The van der Waals surface area contributed by atoms with Crippen molar-refractivity contribution < 1.29 is 9.53 Å². The van der Waals surface area contributed by atoms with Gasteiger partial charge in [-0.1, -0.05) is 12.1 Å². The molecule has 2 N–H and O–H groups in total. The van der Waals surface area contributed by atoms with Crippen molar-refractivity contribution in [1.29, 1.82) is 0 Å². The van der Waals surface area contributed by atoms with Gasteiger partial charge in [-0.15, -0.1) is 0 Å². The number of benzene rings is 1. The molecule has 0 fully saturated rings. The zero-order valence-electron chi connectivity index (χ0n) is 13.7. The van der Waals surface area contributed by atoms with Crippen molar-refractivity contribution in [3.05, 3.63) is 41.2 Å². The van der Waals surface area contributed by atoms with E-state index in [0.29, 0.717) is 6.42 Å². The van der Waals surface area contributed by atoms with E-state index >= 15 is 0 Å². The van der Waals surface area contributed by atoms with Crippen molar-refractivity contribution in [2.75, 3.05) is 24.8 Å². The van der Waals surface area contributed by atoms with E-state index in [4.69, 9.17) is 4.74 Å². The summed E-state index contributed by atoms with van der Waals surface area (Å²) in [5, 5.41) is 13.9. The summed E-state index contributed by atoms with van der Waals surface area (Å²) in [6.45, 7) is 0.757. The summed E-state index contributed by atoms with van der Waals surface area (Å²) in [7, 11) is 1.71. The van der Waals surface area contributed by atoms with Gasteiger partial charge >= 0.3 is 0 Å². The molecule has 0 saturated carbocycles. The maximum absolute atomic E-state index is 12.5. The number of nitrogens with zero attached hydrogens (tertiary/aromatic N) is 2. The van der Waals surface area contributed by atoms with Gasteiger partial charge in [-0.25, -0.2) is 0 Å². The summed E-state index contributed by atoms with van der Waals surface area (Å²) in [5.74, 6) is 1.91. The minimum atomic E-state index is -0.0395. The predicted molar refractivity (Wildman–Crippen MR) is 95.0 cm³/mol. The van der Waals surface area contributed by atoms with Gasteiger partial charge in [-0.05, 0) is 30.5 Å². The number of hydrogen-bond acceptors (Lipinski definition) is 5. The highest BCUT2D eigenvalue weighted by molar-refractivity contribution is 7.98. The van der Waals surface area contributed by atoms with Crippen molar-refractivity contribution in [1.82, 2.24) is 15.4 Å². The van der Waals surface area contributed by atoms with E-state index in [1.165, 1.54) is 5.56 Å². The molecule has 1 aliphatic carbocycles. The van der Waals surface area contributed by atoms with Crippen LogP contribution in [0.25, 0.3) is 0 Å². The van der Waals surface area contributed by atoms with Crippen LogP contribution in [0.4, 0.5) is 5.69 Å². The number of amides is 1. The average molecular weight is 346 g/mol. The van der Waals surface area contributed by atoms with Crippen LogP contribution in [0.15, 0.2) is 24.3 Å². The number of thioether (sulfide) groups is 1. The Bertz CT molecular complexity index is 689. The molecule has 1 heterocycles. The number of nitrogens with one attached hydrogen (secondary N) is 2. The lowest BCUT2D eigenvalue weighted by Gasteiger charge is -2.19. The quantitative estimate of drug-likeness (QED) is 0.753. The number of aromatic nitrogens is 3. The van der Waals surface area contributed by atoms with Gasteiger partial charge < -0.3 is 10.1 Å². The van der Waals surface area contributed by atoms with Crippen LogP contribution < -0.4 is 5.32 Å². The molecule has 128 valence electrons. The third-order valence-electron chi connectivity index (χ3n) is 4.14. The molecular weight excluding hydrogens is 324 g/mol. The van der Waals surface area contributed by atoms with Crippen LogP contribution in [0.1, 0.15) is 23.4 Å². The first-order chi connectivity index (χ1) is 11.8. The first kappa shape index (κ1) is 17.0. The van der Waals surface area contributed by atoms with Gasteiger partial charge in [0, 0.05) is 36.6 Å². The first-order valence-electron chi connectivity index (χ1n) is 8.11. The van der Waals surface area contributed by atoms with Gasteiger partial charge in [-0.3, -0.25) is 4.79 Å². The molecule has 1 aliphatic rings. The predicted octanol–water partition coefficient (Wildman–Crippen LogP) is 2.43. The molecule has 0 aliphatic heterocycles. The van der Waals surface area contributed by atoms with Gasteiger partial charge in [0.05, 0.1) is 18.0 Å². The number of rotatable bonds is 7. The highest BCUT2D eigenvalue weighted by Crippen LogP contribution is 2.24. The largest absolute Gasteiger partial charge is 0.384 e. The minimum Gasteiger partial charge on any atom is -0.384 e. The number of aryl methyl sites for hydroxylation is 1. The fourth-order valence-corrected chi connectivity index (χ4v) is 3.67. The van der Waals surface area contributed by atoms with Crippen LogP contribution in [0.2, 0.25) is 0 Å². The summed E-state index contributed by atoms with van der Waals surface area (Å²) in [5.41, 5.74) is 3.98. The molecule has 3 rings (SSSR count). The van der Waals surface area contributed by atoms with Crippen molar-refractivity contribution >= 4 is 23.4 Å². The molecule has 24 heavy (non-hydrogen) atoms. The molecule has 1 atom stereocenters. The van der Waals surface area contributed by atoms with Crippen LogP contribution in [-0.2, 0) is 28.1 Å². The number of hydrogen-bond donors (Lipinski definition) is 2. The highest BCUT2D eigenvalue weighted by Gasteiger charge is 2.27. The van der Waals surface area contributed by atoms with Gasteiger partial charge in [0.25, 0.3) is 0 Å². The van der Waals surface area contributed by atoms with E-state index in [1.807, 2.05) is 30.0 Å². The fraction of sp³-hybridized carbons (Fsp3) is 0.471. The van der Waals surface area contributed by atoms with E-state index in [-0.39, 0.29) is 11.8 Å². The number of aromatic amines is 1. The summed E-state index contributed by atoms with van der Waals surface area (Å²) in [6, 6.07) is 8.05. The molecular formula is C17H22N4O2S. The molecule has 0 spiro atoms. The number of methoxy groups -OCH3 is 1. The Hall–Kier alpha value is -1.86. The molecule has 0 radical (unpaired) electrons. The second-order valence-electron chi connectivity index (χ2n) is 5.89. The topological polar surface area (TPSA) is 79.9 Å². The van der Waals surface area contributed by atoms with Crippen LogP contribution in [0.3, 0.4) is 0 Å². The number of H-pyrrole nitrogens is 1. The molecule has 7 heteroatoms. The van der Waals surface area contributed by atoms with E-state index in [2.05, 4.69) is 26.8 Å². The molecule has 1 amide bonds. The van der Waals surface area contributed by atoms with Gasteiger partial charge in [0.2, 0.25) is 5.91 Å². The molecule has 2 aromatic rings. The van der Waals surface area contributed by atoms with E-state index in [9.17, 15) is 4.79 Å². The summed E-state index contributed by atoms with van der Waals surface area (Å²) in [4.78, 5) is 12.5. The molecule has 6 nitrogen and oxygen atoms in total. The fourth-order valence-electron chi connectivity index (χ4n) is 2.82. The second-order valence-corrected chi connectivity index (χ2v) is 7.00. The van der Waals surface area contributed by atoms with E-state index in [0.717, 1.165) is 48.0 Å². The summed E-state index contributed by atoms with van der Waals surface area (Å²) >= 11 is 1.82. The zero-order valence-corrected chi connectivity index (χ0v) is 14.6. The average Bonchev–Trinajstić information content (AvgIpc) is 3.07. The van der Waals surface area contributed by atoms with Crippen molar-refractivity contribution in [3.8, 4) is 0 Å². The minimum absolute atomic E-state index is 0.0395. The Kier molecular flexibility index (Phi) is 5.87. The number of ether oxygens (including phenoxy) is 1. The molecule has 0 unspecified atom stereocenters. The number of fused-ring (bicyclic) bond motifs is 1. The lowest BCUT2D eigenvalue weighted by atomic mass is 9.89. The van der Waals surface area contributed by atoms with E-state index in [1.54, 1.807) is 7.11 Å². The third kappa shape index (κ3) is 4.36. The van der Waals surface area contributed by atoms with Crippen LogP contribution in [0, 0.1) is 5.92 Å². The Labute approximate surface area is 145 Å². The summed E-state index contributed by atoms with van der Waals surface area (Å²) in [6.07, 6.45) is 2.28. The summed E-state index contributed by atoms with van der Waals surface area (Å²) < 4.78 is 5.05. The SMILES string of the molecule is COCCSCc1cccc(NC(=O)[C@@H]2CCc3n[nH]nc3C2)c1. The lowest BCUT2D eigenvalue weighted by molar-refractivity contribution is -0.120. The van der Waals surface area contributed by atoms with Crippen molar-refractivity contribution in [2.24, 2.45) is 5.92 Å². The Morgan fingerprint density at radius 3 is 3.17 bits per heavy atom. The van der Waals surface area contributed by atoms with Gasteiger partial charge in [0.15, 0.2) is 0 Å². The van der Waals surface area contributed by atoms with E-state index < -0.39 is 0 Å². The van der Waals surface area contributed by atoms with Crippen LogP contribution in [0.5, 0.6) is 0 Å². The Morgan fingerprint density at radius 1 is 1.42 bits per heavy atom. The maximum atomic E-state index is 12.5. The van der Waals surface area contributed by atoms with Gasteiger partial charge in [-0.2, -0.15) is 27.2 Å². The maximum Gasteiger partial charge on any atom is 0.227 e. The Balaban J connectivity index is 1.55. The first-order valence-corrected chi connectivity index (χ1v) is 9.26. The number of anilines is 1. The normalized spacial score (nSPS) is 16.6. The monoisotopic (exact) mass is 346 g/mol. The molecule has 1 aromatic heterocycles. The lowest BCUT2D eigenvalue weighted by Crippen LogP contribution is -2.28. The van der Waals surface area contributed by atoms with Crippen LogP contribution >= 0.6 is 11.8 Å². The molecule has 0 saturated heterocycles. The van der Waals surface area contributed by atoms with Gasteiger partial charge in [0.1, 0.15) is 0 Å². The van der Waals surface area contributed by atoms with Crippen LogP contribution in [-0.4, -0.2) is 40.8 Å². The molecule has 1 aromatic carbocycles. The zero-order chi connectivity index (χ0) is 16.8. The molecule has 0 bridgehead atoms.